The van der Waals surface area contributed by atoms with Crippen molar-refractivity contribution in [3.05, 3.63) is 70.2 Å². The minimum absolute atomic E-state index is 0.00176. The van der Waals surface area contributed by atoms with Crippen LogP contribution >= 0.6 is 11.6 Å². The highest BCUT2D eigenvalue weighted by atomic mass is 35.5. The van der Waals surface area contributed by atoms with Gasteiger partial charge in [-0.15, -0.1) is 0 Å². The lowest BCUT2D eigenvalue weighted by molar-refractivity contribution is 0.0483. The van der Waals surface area contributed by atoms with Crippen molar-refractivity contribution in [1.29, 1.82) is 0 Å². The first-order chi connectivity index (χ1) is 11.2. The van der Waals surface area contributed by atoms with Crippen LogP contribution in [0.2, 0.25) is 5.02 Å². The summed E-state index contributed by atoms with van der Waals surface area (Å²) in [6, 6.07) is 15.7. The zero-order valence-corrected chi connectivity index (χ0v) is 15.5. The fourth-order valence-electron chi connectivity index (χ4n) is 4.10. The van der Waals surface area contributed by atoms with Gasteiger partial charge in [0.2, 0.25) is 0 Å². The molecular formula is C21H24ClNO. The van der Waals surface area contributed by atoms with Gasteiger partial charge in [-0.05, 0) is 48.9 Å². The van der Waals surface area contributed by atoms with Gasteiger partial charge in [0, 0.05) is 12.1 Å². The van der Waals surface area contributed by atoms with Crippen LogP contribution in [0.25, 0.3) is 0 Å². The average Bonchev–Trinajstić information content (AvgIpc) is 2.59. The topological polar surface area (TPSA) is 20.3 Å². The molecule has 24 heavy (non-hydrogen) atoms. The minimum atomic E-state index is -0.265. The van der Waals surface area contributed by atoms with E-state index < -0.39 is 0 Å². The number of rotatable bonds is 1. The SMILES string of the molecule is CC1(C)CC(C)(C)N(C(=O)c2ccccc2Cl)Cc2ccccc21. The van der Waals surface area contributed by atoms with Crippen LogP contribution in [-0.2, 0) is 12.0 Å². The number of hydrogen-bond acceptors (Lipinski definition) is 1. The summed E-state index contributed by atoms with van der Waals surface area (Å²) in [7, 11) is 0. The zero-order valence-electron chi connectivity index (χ0n) is 14.8. The number of carbonyl (C=O) groups is 1. The van der Waals surface area contributed by atoms with Crippen LogP contribution in [0.3, 0.4) is 0 Å². The van der Waals surface area contributed by atoms with Crippen LogP contribution < -0.4 is 0 Å². The molecule has 2 aromatic carbocycles. The van der Waals surface area contributed by atoms with Gasteiger partial charge in [0.05, 0.1) is 10.6 Å². The molecule has 0 aliphatic carbocycles. The Labute approximate surface area is 149 Å². The molecular weight excluding hydrogens is 318 g/mol. The van der Waals surface area contributed by atoms with Gasteiger partial charge in [0.15, 0.2) is 0 Å². The van der Waals surface area contributed by atoms with Crippen molar-refractivity contribution in [3.63, 3.8) is 0 Å². The summed E-state index contributed by atoms with van der Waals surface area (Å²) >= 11 is 6.28. The van der Waals surface area contributed by atoms with E-state index in [1.54, 1.807) is 6.07 Å². The Bertz CT molecular complexity index is 779. The Hall–Kier alpha value is -1.80. The van der Waals surface area contributed by atoms with Crippen LogP contribution in [0, 0.1) is 0 Å². The van der Waals surface area contributed by atoms with E-state index in [-0.39, 0.29) is 16.9 Å². The fourth-order valence-corrected chi connectivity index (χ4v) is 4.32. The minimum Gasteiger partial charge on any atom is -0.329 e. The third-order valence-corrected chi connectivity index (χ3v) is 5.36. The van der Waals surface area contributed by atoms with E-state index in [0.717, 1.165) is 6.42 Å². The predicted molar refractivity (Wildman–Crippen MR) is 99.5 cm³/mol. The molecule has 3 heteroatoms. The summed E-state index contributed by atoms with van der Waals surface area (Å²) in [6.45, 7) is 9.43. The Morgan fingerprint density at radius 3 is 2.33 bits per heavy atom. The zero-order chi connectivity index (χ0) is 17.5. The van der Waals surface area contributed by atoms with Crippen LogP contribution in [0.15, 0.2) is 48.5 Å². The second-order valence-electron chi connectivity index (χ2n) is 7.90. The summed E-state index contributed by atoms with van der Waals surface area (Å²) in [5.41, 5.74) is 2.86. The van der Waals surface area contributed by atoms with Crippen molar-refractivity contribution < 1.29 is 4.79 Å². The molecule has 0 N–H and O–H groups in total. The van der Waals surface area contributed by atoms with Gasteiger partial charge in [-0.1, -0.05) is 61.8 Å². The van der Waals surface area contributed by atoms with Crippen LogP contribution in [-0.4, -0.2) is 16.3 Å². The van der Waals surface area contributed by atoms with E-state index >= 15 is 0 Å². The van der Waals surface area contributed by atoms with Crippen molar-refractivity contribution in [2.75, 3.05) is 0 Å². The largest absolute Gasteiger partial charge is 0.329 e. The first-order valence-corrected chi connectivity index (χ1v) is 8.75. The molecule has 1 heterocycles. The lowest BCUT2D eigenvalue weighted by atomic mass is 9.75. The molecule has 0 bridgehead atoms. The predicted octanol–water partition coefficient (Wildman–Crippen LogP) is 5.44. The van der Waals surface area contributed by atoms with E-state index in [1.165, 1.54) is 11.1 Å². The van der Waals surface area contributed by atoms with Gasteiger partial charge in [-0.3, -0.25) is 4.79 Å². The lowest BCUT2D eigenvalue weighted by Crippen LogP contribution is -2.48. The van der Waals surface area contributed by atoms with Gasteiger partial charge < -0.3 is 4.90 Å². The Kier molecular flexibility index (Phi) is 4.21. The molecule has 0 radical (unpaired) electrons. The Morgan fingerprint density at radius 2 is 1.62 bits per heavy atom. The molecule has 0 saturated carbocycles. The molecule has 1 aliphatic rings. The van der Waals surface area contributed by atoms with Crippen molar-refractivity contribution >= 4 is 17.5 Å². The molecule has 0 saturated heterocycles. The number of fused-ring (bicyclic) bond motifs is 1. The maximum atomic E-state index is 13.3. The van der Waals surface area contributed by atoms with E-state index in [4.69, 9.17) is 11.6 Å². The molecule has 0 aromatic heterocycles. The molecule has 0 fully saturated rings. The summed E-state index contributed by atoms with van der Waals surface area (Å²) in [6.07, 6.45) is 0.896. The number of carbonyl (C=O) groups excluding carboxylic acids is 1. The number of benzene rings is 2. The summed E-state index contributed by atoms with van der Waals surface area (Å²) in [5.74, 6) is -0.00176. The van der Waals surface area contributed by atoms with Crippen molar-refractivity contribution in [2.24, 2.45) is 0 Å². The fraction of sp³-hybridized carbons (Fsp3) is 0.381. The van der Waals surface area contributed by atoms with E-state index in [9.17, 15) is 4.79 Å². The molecule has 2 aromatic rings. The highest BCUT2D eigenvalue weighted by molar-refractivity contribution is 6.33. The van der Waals surface area contributed by atoms with Crippen LogP contribution in [0.4, 0.5) is 0 Å². The van der Waals surface area contributed by atoms with E-state index in [0.29, 0.717) is 17.1 Å². The number of halogens is 1. The van der Waals surface area contributed by atoms with Gasteiger partial charge in [-0.25, -0.2) is 0 Å². The Balaban J connectivity index is 2.08. The molecule has 1 amide bonds. The molecule has 0 spiro atoms. The highest BCUT2D eigenvalue weighted by Crippen LogP contribution is 2.41. The number of amides is 1. The summed E-state index contributed by atoms with van der Waals surface area (Å²) in [4.78, 5) is 15.2. The lowest BCUT2D eigenvalue weighted by Gasteiger charge is -2.40. The molecule has 2 nitrogen and oxygen atoms in total. The van der Waals surface area contributed by atoms with E-state index in [2.05, 4.69) is 45.9 Å². The molecule has 3 rings (SSSR count). The third kappa shape index (κ3) is 2.95. The van der Waals surface area contributed by atoms with Gasteiger partial charge in [0.25, 0.3) is 5.91 Å². The number of hydrogen-bond donors (Lipinski definition) is 0. The van der Waals surface area contributed by atoms with Crippen molar-refractivity contribution in [1.82, 2.24) is 4.90 Å². The standard InChI is InChI=1S/C21H24ClNO/c1-20(2)14-21(3,4)23(13-15-9-5-7-11-17(15)20)19(24)16-10-6-8-12-18(16)22/h5-12H,13-14H2,1-4H3. The van der Waals surface area contributed by atoms with E-state index in [1.807, 2.05) is 29.2 Å². The maximum absolute atomic E-state index is 13.3. The van der Waals surface area contributed by atoms with Crippen LogP contribution in [0.1, 0.15) is 55.6 Å². The Morgan fingerprint density at radius 1 is 1.00 bits per heavy atom. The second kappa shape index (κ2) is 5.93. The highest BCUT2D eigenvalue weighted by Gasteiger charge is 2.41. The second-order valence-corrected chi connectivity index (χ2v) is 8.31. The summed E-state index contributed by atoms with van der Waals surface area (Å²) in [5, 5.41) is 0.509. The molecule has 0 unspecified atom stereocenters. The van der Waals surface area contributed by atoms with Gasteiger partial charge in [0.1, 0.15) is 0 Å². The molecule has 0 atom stereocenters. The normalized spacial score (nSPS) is 18.6. The summed E-state index contributed by atoms with van der Waals surface area (Å²) < 4.78 is 0. The third-order valence-electron chi connectivity index (χ3n) is 5.03. The van der Waals surface area contributed by atoms with Gasteiger partial charge >= 0.3 is 0 Å². The average molecular weight is 342 g/mol. The first kappa shape index (κ1) is 17.0. The van der Waals surface area contributed by atoms with Crippen molar-refractivity contribution in [2.45, 2.75) is 51.6 Å². The molecule has 1 aliphatic heterocycles. The van der Waals surface area contributed by atoms with Crippen molar-refractivity contribution in [3.8, 4) is 0 Å². The maximum Gasteiger partial charge on any atom is 0.256 e. The molecule has 126 valence electrons. The van der Waals surface area contributed by atoms with Gasteiger partial charge in [-0.2, -0.15) is 0 Å². The first-order valence-electron chi connectivity index (χ1n) is 8.37. The monoisotopic (exact) mass is 341 g/mol. The smallest absolute Gasteiger partial charge is 0.256 e. The number of nitrogens with zero attached hydrogens (tertiary/aromatic N) is 1. The van der Waals surface area contributed by atoms with Crippen LogP contribution in [0.5, 0.6) is 0 Å². The quantitative estimate of drug-likeness (QED) is 0.676.